The third kappa shape index (κ3) is 5.79. The molecule has 3 aromatic rings. The lowest BCUT2D eigenvalue weighted by atomic mass is 9.98. The molecule has 0 saturated carbocycles. The summed E-state index contributed by atoms with van der Waals surface area (Å²) in [5.74, 6) is 0.546. The zero-order valence-corrected chi connectivity index (χ0v) is 23.3. The van der Waals surface area contributed by atoms with Crippen molar-refractivity contribution in [2.24, 2.45) is 10.1 Å². The zero-order chi connectivity index (χ0) is 27.5. The fraction of sp³-hybridized carbons (Fsp3) is 0.241. The van der Waals surface area contributed by atoms with E-state index in [0.717, 1.165) is 22.4 Å². The van der Waals surface area contributed by atoms with Crippen LogP contribution in [0.4, 0.5) is 5.69 Å². The lowest BCUT2D eigenvalue weighted by Crippen LogP contribution is -2.25. The van der Waals surface area contributed by atoms with E-state index >= 15 is 0 Å². The predicted molar refractivity (Wildman–Crippen MR) is 155 cm³/mol. The van der Waals surface area contributed by atoms with Gasteiger partial charge in [-0.05, 0) is 42.3 Å². The number of hydrogen-bond donors (Lipinski definition) is 1. The van der Waals surface area contributed by atoms with Gasteiger partial charge in [0.2, 0.25) is 5.91 Å². The summed E-state index contributed by atoms with van der Waals surface area (Å²) in [6.45, 7) is 2.04. The van der Waals surface area contributed by atoms with Crippen LogP contribution in [0.1, 0.15) is 35.6 Å². The highest BCUT2D eigenvalue weighted by molar-refractivity contribution is 8.15. The maximum Gasteiger partial charge on any atom is 0.262 e. The van der Waals surface area contributed by atoms with E-state index in [2.05, 4.69) is 10.3 Å². The number of halogens is 1. The van der Waals surface area contributed by atoms with E-state index in [1.807, 2.05) is 49.4 Å². The average Bonchev–Trinajstić information content (AvgIpc) is 3.54. The van der Waals surface area contributed by atoms with E-state index in [0.29, 0.717) is 33.8 Å². The first-order valence-corrected chi connectivity index (χ1v) is 13.6. The Bertz CT molecular complexity index is 1470. The van der Waals surface area contributed by atoms with Crippen LogP contribution >= 0.6 is 23.4 Å². The Labute approximate surface area is 236 Å². The van der Waals surface area contributed by atoms with Gasteiger partial charge in [-0.15, -0.1) is 0 Å². The minimum atomic E-state index is -0.660. The second-order valence-electron chi connectivity index (χ2n) is 9.16. The average molecular weight is 563 g/mol. The predicted octanol–water partition coefficient (Wildman–Crippen LogP) is 5.84. The second-order valence-corrected chi connectivity index (χ2v) is 10.7. The molecule has 0 aliphatic carbocycles. The van der Waals surface area contributed by atoms with Crippen LogP contribution < -0.4 is 14.8 Å². The highest BCUT2D eigenvalue weighted by Gasteiger charge is 2.39. The second kappa shape index (κ2) is 11.5. The highest BCUT2D eigenvalue weighted by atomic mass is 35.5. The highest BCUT2D eigenvalue weighted by Crippen LogP contribution is 2.41. The van der Waals surface area contributed by atoms with Crippen LogP contribution in [0, 0.1) is 6.92 Å². The van der Waals surface area contributed by atoms with Crippen molar-refractivity contribution in [3.05, 3.63) is 88.4 Å². The Morgan fingerprint density at radius 3 is 2.54 bits per heavy atom. The van der Waals surface area contributed by atoms with Gasteiger partial charge in [0.15, 0.2) is 16.7 Å². The quantitative estimate of drug-likeness (QED) is 0.389. The van der Waals surface area contributed by atoms with Crippen molar-refractivity contribution in [1.82, 2.24) is 5.01 Å². The third-order valence-corrected chi connectivity index (χ3v) is 8.00. The van der Waals surface area contributed by atoms with Gasteiger partial charge in [-0.25, -0.2) is 5.01 Å². The number of nitrogens with one attached hydrogen (secondary N) is 1. The van der Waals surface area contributed by atoms with Gasteiger partial charge >= 0.3 is 0 Å². The number of hydrazone groups is 1. The zero-order valence-electron chi connectivity index (χ0n) is 21.7. The lowest BCUT2D eigenvalue weighted by Gasteiger charge is -2.24. The van der Waals surface area contributed by atoms with Crippen LogP contribution in [-0.2, 0) is 9.59 Å². The number of para-hydroxylation sites is 1. The van der Waals surface area contributed by atoms with Crippen molar-refractivity contribution >= 4 is 51.7 Å². The molecule has 0 unspecified atom stereocenters. The number of carbonyl (C=O) groups excluding carboxylic acids is 2. The number of aliphatic imine (C=N–C) groups is 1. The fourth-order valence-electron chi connectivity index (χ4n) is 4.46. The molecule has 10 heteroatoms. The summed E-state index contributed by atoms with van der Waals surface area (Å²) in [5.41, 5.74) is 4.48. The largest absolute Gasteiger partial charge is 0.493 e. The Balaban J connectivity index is 1.39. The number of rotatable bonds is 7. The standard InChI is InChI=1S/C29H27ClN4O4S/c1-17-8-10-18(11-9-17)22-15-23(19-12-13-24(37-2)25(14-19)38-3)34(33-22)29-32-28(36)26(39-29)16-27(35)31-21-7-5-4-6-20(21)30/h4-14,23,26H,15-16H2,1-3H3,(H,31,35)/t23-,26+/m0/s1. The molecule has 2 amide bonds. The summed E-state index contributed by atoms with van der Waals surface area (Å²) in [7, 11) is 3.19. The number of methoxy groups -OCH3 is 2. The lowest BCUT2D eigenvalue weighted by molar-refractivity contribution is -0.121. The van der Waals surface area contributed by atoms with E-state index in [-0.39, 0.29) is 24.3 Å². The molecule has 3 aromatic carbocycles. The topological polar surface area (TPSA) is 92.6 Å². The first-order valence-electron chi connectivity index (χ1n) is 12.4. The number of thioether (sulfide) groups is 1. The molecular weight excluding hydrogens is 536 g/mol. The SMILES string of the molecule is COc1ccc([C@@H]2CC(c3ccc(C)cc3)=NN2C2=NC(=O)[C@@H](CC(=O)Nc3ccccc3Cl)S2)cc1OC. The van der Waals surface area contributed by atoms with E-state index in [9.17, 15) is 9.59 Å². The summed E-state index contributed by atoms with van der Waals surface area (Å²) in [6, 6.07) is 20.7. The smallest absolute Gasteiger partial charge is 0.262 e. The molecule has 2 atom stereocenters. The maximum absolute atomic E-state index is 12.9. The number of hydrogen-bond acceptors (Lipinski definition) is 7. The van der Waals surface area contributed by atoms with Crippen molar-refractivity contribution in [2.75, 3.05) is 19.5 Å². The monoisotopic (exact) mass is 562 g/mol. The number of aryl methyl sites for hydroxylation is 1. The van der Waals surface area contributed by atoms with Crippen LogP contribution in [0.5, 0.6) is 11.5 Å². The maximum atomic E-state index is 12.9. The van der Waals surface area contributed by atoms with Crippen LogP contribution in [0.3, 0.4) is 0 Å². The molecule has 0 aromatic heterocycles. The van der Waals surface area contributed by atoms with E-state index < -0.39 is 5.25 Å². The summed E-state index contributed by atoms with van der Waals surface area (Å²) >= 11 is 7.41. The van der Waals surface area contributed by atoms with Gasteiger partial charge < -0.3 is 14.8 Å². The minimum absolute atomic E-state index is 0.0366. The number of amidine groups is 1. The van der Waals surface area contributed by atoms with E-state index in [1.54, 1.807) is 43.5 Å². The van der Waals surface area contributed by atoms with Gasteiger partial charge in [0.25, 0.3) is 5.91 Å². The van der Waals surface area contributed by atoms with E-state index in [4.69, 9.17) is 26.2 Å². The molecule has 39 heavy (non-hydrogen) atoms. The summed E-state index contributed by atoms with van der Waals surface area (Å²) in [5, 5.41) is 9.70. The molecular formula is C29H27ClN4O4S. The molecule has 0 saturated heterocycles. The molecule has 0 fully saturated rings. The van der Waals surface area contributed by atoms with Gasteiger partial charge in [-0.2, -0.15) is 10.1 Å². The van der Waals surface area contributed by atoms with Crippen molar-refractivity contribution in [3.8, 4) is 11.5 Å². The number of ether oxygens (including phenoxy) is 2. The Hall–Kier alpha value is -3.82. The number of carbonyl (C=O) groups is 2. The van der Waals surface area contributed by atoms with Gasteiger partial charge in [0.1, 0.15) is 5.25 Å². The number of nitrogens with zero attached hydrogens (tertiary/aromatic N) is 3. The van der Waals surface area contributed by atoms with Crippen LogP contribution in [0.2, 0.25) is 5.02 Å². The van der Waals surface area contributed by atoms with Crippen LogP contribution in [0.25, 0.3) is 0 Å². The van der Waals surface area contributed by atoms with Gasteiger partial charge in [0, 0.05) is 12.8 Å². The molecule has 2 heterocycles. The Morgan fingerprint density at radius 1 is 1.08 bits per heavy atom. The summed E-state index contributed by atoms with van der Waals surface area (Å²) < 4.78 is 10.9. The molecule has 0 spiro atoms. The fourth-order valence-corrected chi connectivity index (χ4v) is 5.71. The molecule has 8 nitrogen and oxygen atoms in total. The number of anilines is 1. The molecule has 0 radical (unpaired) electrons. The van der Waals surface area contributed by atoms with Crippen LogP contribution in [0.15, 0.2) is 76.8 Å². The third-order valence-electron chi connectivity index (χ3n) is 6.53. The molecule has 1 N–H and O–H groups in total. The Morgan fingerprint density at radius 2 is 1.82 bits per heavy atom. The number of benzene rings is 3. The molecule has 5 rings (SSSR count). The molecule has 0 bridgehead atoms. The van der Waals surface area contributed by atoms with Crippen molar-refractivity contribution < 1.29 is 19.1 Å². The normalized spacial score (nSPS) is 18.6. The Kier molecular flexibility index (Phi) is 7.90. The van der Waals surface area contributed by atoms with Crippen molar-refractivity contribution in [1.29, 1.82) is 0 Å². The van der Waals surface area contributed by atoms with Gasteiger partial charge in [-0.1, -0.05) is 71.4 Å². The first kappa shape index (κ1) is 26.8. The summed E-state index contributed by atoms with van der Waals surface area (Å²) in [6.07, 6.45) is 0.565. The molecule has 2 aliphatic rings. The van der Waals surface area contributed by atoms with Gasteiger partial charge in [-0.3, -0.25) is 9.59 Å². The summed E-state index contributed by atoms with van der Waals surface area (Å²) in [4.78, 5) is 29.9. The molecule has 200 valence electrons. The first-order chi connectivity index (χ1) is 18.9. The number of amides is 2. The van der Waals surface area contributed by atoms with E-state index in [1.165, 1.54) is 11.8 Å². The van der Waals surface area contributed by atoms with Crippen LogP contribution in [-0.4, -0.2) is 47.2 Å². The van der Waals surface area contributed by atoms with Gasteiger partial charge in [0.05, 0.1) is 36.7 Å². The van der Waals surface area contributed by atoms with Crippen molar-refractivity contribution in [3.63, 3.8) is 0 Å². The van der Waals surface area contributed by atoms with Crippen molar-refractivity contribution in [2.45, 2.75) is 31.1 Å². The minimum Gasteiger partial charge on any atom is -0.493 e. The molecule has 2 aliphatic heterocycles.